The van der Waals surface area contributed by atoms with Crippen LogP contribution in [0.3, 0.4) is 0 Å². The molecule has 0 fully saturated rings. The molecule has 168 valence electrons. The van der Waals surface area contributed by atoms with E-state index in [1.54, 1.807) is 0 Å². The fourth-order valence-electron chi connectivity index (χ4n) is 3.29. The van der Waals surface area contributed by atoms with Crippen LogP contribution in [0, 0.1) is 0 Å². The Kier molecular flexibility index (Phi) is 22.4. The third kappa shape index (κ3) is 20.3. The molecule has 0 radical (unpaired) electrons. The molecule has 0 rings (SSSR count). The molecular weight excluding hydrogens is 374 g/mol. The van der Waals surface area contributed by atoms with E-state index in [1.807, 2.05) is 0 Å². The van der Waals surface area contributed by atoms with Crippen molar-refractivity contribution in [3.8, 4) is 0 Å². The Labute approximate surface area is 179 Å². The summed E-state index contributed by atoms with van der Waals surface area (Å²) in [5.74, 6) is 0.256. The molecule has 0 heterocycles. The van der Waals surface area contributed by atoms with Gasteiger partial charge < -0.3 is 14.8 Å². The van der Waals surface area contributed by atoms with Gasteiger partial charge in [0.1, 0.15) is 6.10 Å². The van der Waals surface area contributed by atoms with Gasteiger partial charge in [-0.1, -0.05) is 103 Å². The first-order valence-corrected chi connectivity index (χ1v) is 12.3. The number of ether oxygens (including phenoxy) is 2. The number of hydrogen-bond donors (Lipinski definition) is 1. The van der Waals surface area contributed by atoms with Gasteiger partial charge in [-0.3, -0.25) is 0 Å². The molecule has 1 amide bonds. The highest BCUT2D eigenvalue weighted by atomic mass is 35.5. The average Bonchev–Trinajstić information content (AvgIpc) is 2.71. The Bertz CT molecular complexity index is 329. The van der Waals surface area contributed by atoms with Crippen molar-refractivity contribution in [2.45, 2.75) is 116 Å². The fraction of sp³-hybridized carbons (Fsp3) is 0.957. The molecule has 1 unspecified atom stereocenters. The summed E-state index contributed by atoms with van der Waals surface area (Å²) >= 11 is 5.77. The number of rotatable bonds is 21. The van der Waals surface area contributed by atoms with Crippen LogP contribution in [0.15, 0.2) is 0 Å². The Morgan fingerprint density at radius 3 is 1.61 bits per heavy atom. The fourth-order valence-corrected chi connectivity index (χ4v) is 3.44. The topological polar surface area (TPSA) is 47.6 Å². The standard InChI is InChI=1S/C23H46ClNO3/c1-3-4-5-6-7-8-9-10-11-12-13-14-15-16-17-18-19-27-21-22(20-24)28-23(26)25-2/h22H,3-21H2,1-2H3,(H,25,26). The lowest BCUT2D eigenvalue weighted by Crippen LogP contribution is -2.30. The summed E-state index contributed by atoms with van der Waals surface area (Å²) in [7, 11) is 1.53. The molecule has 0 saturated carbocycles. The molecule has 1 atom stereocenters. The lowest BCUT2D eigenvalue weighted by Gasteiger charge is -2.15. The van der Waals surface area contributed by atoms with Crippen LogP contribution in [-0.2, 0) is 9.47 Å². The van der Waals surface area contributed by atoms with Gasteiger partial charge >= 0.3 is 6.09 Å². The van der Waals surface area contributed by atoms with Gasteiger partial charge in [0.05, 0.1) is 12.5 Å². The summed E-state index contributed by atoms with van der Waals surface area (Å²) in [6, 6.07) is 0. The van der Waals surface area contributed by atoms with Crippen LogP contribution in [0.2, 0.25) is 0 Å². The Morgan fingerprint density at radius 2 is 1.21 bits per heavy atom. The normalized spacial score (nSPS) is 12.1. The lowest BCUT2D eigenvalue weighted by molar-refractivity contribution is 0.0295. The predicted molar refractivity (Wildman–Crippen MR) is 120 cm³/mol. The average molecular weight is 420 g/mol. The molecule has 0 aromatic carbocycles. The number of hydrogen-bond acceptors (Lipinski definition) is 3. The molecule has 0 bridgehead atoms. The first kappa shape index (κ1) is 27.5. The van der Waals surface area contributed by atoms with Crippen LogP contribution in [0.4, 0.5) is 4.79 Å². The van der Waals surface area contributed by atoms with Crippen LogP contribution >= 0.6 is 11.6 Å². The number of carbonyl (C=O) groups excluding carboxylic acids is 1. The third-order valence-electron chi connectivity index (χ3n) is 5.10. The first-order chi connectivity index (χ1) is 13.7. The van der Waals surface area contributed by atoms with E-state index in [9.17, 15) is 4.79 Å². The Balaban J connectivity index is 3.18. The van der Waals surface area contributed by atoms with E-state index in [1.165, 1.54) is 103 Å². The number of carbonyl (C=O) groups is 1. The smallest absolute Gasteiger partial charge is 0.407 e. The minimum Gasteiger partial charge on any atom is -0.443 e. The van der Waals surface area contributed by atoms with Gasteiger partial charge in [0.25, 0.3) is 0 Å². The van der Waals surface area contributed by atoms with Gasteiger partial charge in [0, 0.05) is 13.7 Å². The number of alkyl carbamates (subject to hydrolysis) is 1. The molecule has 1 N–H and O–H groups in total. The second-order valence-corrected chi connectivity index (χ2v) is 8.12. The van der Waals surface area contributed by atoms with E-state index in [0.29, 0.717) is 13.2 Å². The highest BCUT2D eigenvalue weighted by Crippen LogP contribution is 2.13. The number of unbranched alkanes of at least 4 members (excludes halogenated alkanes) is 15. The Morgan fingerprint density at radius 1 is 0.786 bits per heavy atom. The minimum absolute atomic E-state index is 0.256. The molecule has 0 aliphatic carbocycles. The lowest BCUT2D eigenvalue weighted by atomic mass is 10.0. The molecule has 5 heteroatoms. The minimum atomic E-state index is -0.461. The van der Waals surface area contributed by atoms with Gasteiger partial charge in [0.15, 0.2) is 0 Å². The van der Waals surface area contributed by atoms with Crippen molar-refractivity contribution in [3.63, 3.8) is 0 Å². The first-order valence-electron chi connectivity index (χ1n) is 11.8. The third-order valence-corrected chi connectivity index (χ3v) is 5.44. The zero-order valence-electron chi connectivity index (χ0n) is 18.6. The van der Waals surface area contributed by atoms with E-state index in [-0.39, 0.29) is 12.0 Å². The molecule has 0 spiro atoms. The van der Waals surface area contributed by atoms with Crippen LogP contribution < -0.4 is 5.32 Å². The van der Waals surface area contributed by atoms with Gasteiger partial charge in [-0.2, -0.15) is 0 Å². The quantitative estimate of drug-likeness (QED) is 0.158. The van der Waals surface area contributed by atoms with Crippen molar-refractivity contribution in [1.29, 1.82) is 0 Å². The van der Waals surface area contributed by atoms with Gasteiger partial charge in [-0.25, -0.2) is 4.79 Å². The second-order valence-electron chi connectivity index (χ2n) is 7.81. The van der Waals surface area contributed by atoms with Crippen molar-refractivity contribution in [1.82, 2.24) is 5.32 Å². The summed E-state index contributed by atoms with van der Waals surface area (Å²) in [6.45, 7) is 3.36. The zero-order chi connectivity index (χ0) is 20.7. The van der Waals surface area contributed by atoms with Crippen molar-refractivity contribution < 1.29 is 14.3 Å². The monoisotopic (exact) mass is 419 g/mol. The summed E-state index contributed by atoms with van der Waals surface area (Å²) in [4.78, 5) is 11.1. The molecular formula is C23H46ClNO3. The number of halogens is 1. The maximum Gasteiger partial charge on any atom is 0.407 e. The molecule has 28 heavy (non-hydrogen) atoms. The van der Waals surface area contributed by atoms with E-state index >= 15 is 0 Å². The van der Waals surface area contributed by atoms with Gasteiger partial charge in [-0.15, -0.1) is 11.6 Å². The maximum atomic E-state index is 11.1. The zero-order valence-corrected chi connectivity index (χ0v) is 19.4. The molecule has 0 saturated heterocycles. The molecule has 0 aromatic rings. The van der Waals surface area contributed by atoms with Gasteiger partial charge in [-0.05, 0) is 6.42 Å². The second kappa shape index (κ2) is 22.8. The summed E-state index contributed by atoms with van der Waals surface area (Å²) in [5, 5.41) is 2.41. The number of nitrogens with one attached hydrogen (secondary N) is 1. The van der Waals surface area contributed by atoms with Crippen molar-refractivity contribution in [2.75, 3.05) is 26.1 Å². The van der Waals surface area contributed by atoms with E-state index in [2.05, 4.69) is 12.2 Å². The number of amides is 1. The maximum absolute atomic E-state index is 11.1. The number of alkyl halides is 1. The molecule has 4 nitrogen and oxygen atoms in total. The van der Waals surface area contributed by atoms with Crippen molar-refractivity contribution >= 4 is 17.7 Å². The van der Waals surface area contributed by atoms with Gasteiger partial charge in [0.2, 0.25) is 0 Å². The molecule has 0 aromatic heterocycles. The summed E-state index contributed by atoms with van der Waals surface area (Å²) < 4.78 is 10.6. The van der Waals surface area contributed by atoms with E-state index in [0.717, 1.165) is 6.42 Å². The van der Waals surface area contributed by atoms with Crippen LogP contribution in [0.5, 0.6) is 0 Å². The highest BCUT2D eigenvalue weighted by Gasteiger charge is 2.12. The predicted octanol–water partition coefficient (Wildman–Crippen LogP) is 7.23. The van der Waals surface area contributed by atoms with Crippen LogP contribution in [-0.4, -0.2) is 38.3 Å². The Hall–Kier alpha value is -0.480. The van der Waals surface area contributed by atoms with Crippen molar-refractivity contribution in [3.05, 3.63) is 0 Å². The van der Waals surface area contributed by atoms with Crippen LogP contribution in [0.25, 0.3) is 0 Å². The van der Waals surface area contributed by atoms with Crippen LogP contribution in [0.1, 0.15) is 110 Å². The van der Waals surface area contributed by atoms with E-state index in [4.69, 9.17) is 21.1 Å². The highest BCUT2D eigenvalue weighted by molar-refractivity contribution is 6.18. The largest absolute Gasteiger partial charge is 0.443 e. The van der Waals surface area contributed by atoms with E-state index < -0.39 is 6.09 Å². The summed E-state index contributed by atoms with van der Waals surface area (Å²) in [5.41, 5.74) is 0. The van der Waals surface area contributed by atoms with Crippen molar-refractivity contribution in [2.24, 2.45) is 0 Å². The SMILES string of the molecule is CCCCCCCCCCCCCCCCCCOCC(CCl)OC(=O)NC. The molecule has 0 aliphatic heterocycles. The summed E-state index contributed by atoms with van der Waals surface area (Å²) in [6.07, 6.45) is 21.0. The molecule has 0 aliphatic rings.